The SMILES string of the molecule is CC1CCN1Cc1ccc2c3c(c(=O)[nH]c2c1F)CCO3.O=C(NC1CC1)c1ccc(O)c(F)n1. The molecular formula is C25H26F2N4O4. The second kappa shape index (κ2) is 9.26. The standard InChI is InChI=1S/C16H17FN2O2.C9H9FN2O2/c1-9-4-6-19(9)8-10-2-3-11-14(13(10)17)18-16(20)12-5-7-21-15(11)12;10-8-7(13)4-3-6(12-8)9(14)11-5-1-2-5/h2-3,9H,4-8H2,1H3,(H,18,20);3-5,13H,1-2H2,(H,11,14). The van der Waals surface area contributed by atoms with E-state index in [-0.39, 0.29) is 28.6 Å². The highest BCUT2D eigenvalue weighted by atomic mass is 19.1. The zero-order chi connectivity index (χ0) is 24.7. The van der Waals surface area contributed by atoms with Crippen LogP contribution in [0.5, 0.6) is 11.5 Å². The summed E-state index contributed by atoms with van der Waals surface area (Å²) in [7, 11) is 0. The van der Waals surface area contributed by atoms with Crippen LogP contribution in [0.4, 0.5) is 8.78 Å². The van der Waals surface area contributed by atoms with E-state index in [9.17, 15) is 18.4 Å². The smallest absolute Gasteiger partial charge is 0.270 e. The van der Waals surface area contributed by atoms with E-state index in [1.165, 1.54) is 6.07 Å². The first kappa shape index (κ1) is 23.2. The van der Waals surface area contributed by atoms with E-state index < -0.39 is 17.6 Å². The average Bonchev–Trinajstić information content (AvgIpc) is 3.51. The first-order chi connectivity index (χ1) is 16.8. The lowest BCUT2D eigenvalue weighted by Gasteiger charge is -2.38. The molecule has 2 aromatic heterocycles. The van der Waals surface area contributed by atoms with Gasteiger partial charge in [0, 0.05) is 42.5 Å². The van der Waals surface area contributed by atoms with Crippen molar-refractivity contribution in [2.24, 2.45) is 0 Å². The van der Waals surface area contributed by atoms with Gasteiger partial charge in [0.2, 0.25) is 0 Å². The minimum absolute atomic E-state index is 0.00722. The third-order valence-electron chi connectivity index (χ3n) is 6.66. The Balaban J connectivity index is 0.000000158. The zero-order valence-corrected chi connectivity index (χ0v) is 19.2. The number of aromatic amines is 1. The number of fused-ring (bicyclic) bond motifs is 3. The van der Waals surface area contributed by atoms with Gasteiger partial charge in [0.25, 0.3) is 17.4 Å². The lowest BCUT2D eigenvalue weighted by Crippen LogP contribution is -2.44. The Hall–Kier alpha value is -3.53. The Morgan fingerprint density at radius 2 is 2.06 bits per heavy atom. The van der Waals surface area contributed by atoms with Crippen LogP contribution in [0.25, 0.3) is 10.9 Å². The van der Waals surface area contributed by atoms with Gasteiger partial charge in [-0.05, 0) is 44.4 Å². The van der Waals surface area contributed by atoms with Crippen molar-refractivity contribution in [2.45, 2.75) is 51.2 Å². The van der Waals surface area contributed by atoms with Crippen molar-refractivity contribution in [2.75, 3.05) is 13.2 Å². The summed E-state index contributed by atoms with van der Waals surface area (Å²) in [6, 6.07) is 6.78. The molecule has 1 atom stereocenters. The number of aromatic nitrogens is 2. The predicted molar refractivity (Wildman–Crippen MR) is 125 cm³/mol. The fourth-order valence-corrected chi connectivity index (χ4v) is 4.22. The number of H-pyrrole nitrogens is 1. The fourth-order valence-electron chi connectivity index (χ4n) is 4.22. The summed E-state index contributed by atoms with van der Waals surface area (Å²) >= 11 is 0. The summed E-state index contributed by atoms with van der Waals surface area (Å²) in [5.74, 6) is -1.74. The van der Waals surface area contributed by atoms with Crippen LogP contribution in [0.15, 0.2) is 29.1 Å². The number of halogens is 2. The summed E-state index contributed by atoms with van der Waals surface area (Å²) in [5, 5.41) is 12.2. The zero-order valence-electron chi connectivity index (χ0n) is 19.2. The number of rotatable bonds is 4. The van der Waals surface area contributed by atoms with Gasteiger partial charge in [-0.15, -0.1) is 0 Å². The Morgan fingerprint density at radius 1 is 1.26 bits per heavy atom. The molecule has 6 rings (SSSR count). The third kappa shape index (κ3) is 4.70. The molecule has 184 valence electrons. The minimum atomic E-state index is -1.02. The van der Waals surface area contributed by atoms with Gasteiger partial charge in [0.05, 0.1) is 17.7 Å². The number of benzene rings is 1. The molecule has 2 aliphatic heterocycles. The van der Waals surface area contributed by atoms with Crippen molar-refractivity contribution in [3.8, 4) is 11.5 Å². The second-order valence-corrected chi connectivity index (χ2v) is 9.18. The summed E-state index contributed by atoms with van der Waals surface area (Å²) in [6.07, 6.45) is 3.68. The Kier molecular flexibility index (Phi) is 6.14. The van der Waals surface area contributed by atoms with E-state index in [4.69, 9.17) is 9.84 Å². The highest BCUT2D eigenvalue weighted by Gasteiger charge is 2.27. The number of ether oxygens (including phenoxy) is 1. The van der Waals surface area contributed by atoms with Crippen molar-refractivity contribution < 1.29 is 23.4 Å². The number of nitrogens with one attached hydrogen (secondary N) is 2. The van der Waals surface area contributed by atoms with E-state index in [0.717, 1.165) is 31.9 Å². The van der Waals surface area contributed by atoms with Crippen molar-refractivity contribution in [3.05, 3.63) is 63.2 Å². The van der Waals surface area contributed by atoms with Crippen LogP contribution in [0.3, 0.4) is 0 Å². The van der Waals surface area contributed by atoms with E-state index in [2.05, 4.69) is 27.1 Å². The topological polar surface area (TPSA) is 108 Å². The maximum Gasteiger partial charge on any atom is 0.270 e. The maximum absolute atomic E-state index is 14.7. The molecule has 4 heterocycles. The number of nitrogens with zero attached hydrogens (tertiary/aromatic N) is 2. The first-order valence-electron chi connectivity index (χ1n) is 11.7. The highest BCUT2D eigenvalue weighted by molar-refractivity contribution is 5.92. The average molecular weight is 485 g/mol. The van der Waals surface area contributed by atoms with Gasteiger partial charge in [0.15, 0.2) is 11.6 Å². The molecule has 2 fully saturated rings. The maximum atomic E-state index is 14.7. The number of pyridine rings is 2. The summed E-state index contributed by atoms with van der Waals surface area (Å²) in [6.45, 7) is 4.22. The number of aromatic hydroxyl groups is 1. The van der Waals surface area contributed by atoms with Gasteiger partial charge in [-0.3, -0.25) is 14.5 Å². The monoisotopic (exact) mass is 484 g/mol. The fraction of sp³-hybridized carbons (Fsp3) is 0.400. The van der Waals surface area contributed by atoms with Gasteiger partial charge in [-0.25, -0.2) is 9.37 Å². The number of amides is 1. The normalized spacial score (nSPS) is 18.8. The van der Waals surface area contributed by atoms with Gasteiger partial charge in [-0.1, -0.05) is 6.07 Å². The van der Waals surface area contributed by atoms with Crippen molar-refractivity contribution >= 4 is 16.8 Å². The molecule has 35 heavy (non-hydrogen) atoms. The molecular weight excluding hydrogens is 458 g/mol. The molecule has 8 nitrogen and oxygen atoms in total. The molecule has 1 amide bonds. The van der Waals surface area contributed by atoms with E-state index >= 15 is 0 Å². The molecule has 3 N–H and O–H groups in total. The number of carbonyl (C=O) groups excluding carboxylic acids is 1. The van der Waals surface area contributed by atoms with Gasteiger partial charge in [0.1, 0.15) is 11.4 Å². The van der Waals surface area contributed by atoms with Crippen LogP contribution in [-0.4, -0.2) is 51.1 Å². The number of hydrogen-bond donors (Lipinski definition) is 3. The van der Waals surface area contributed by atoms with Crippen LogP contribution in [0.2, 0.25) is 0 Å². The van der Waals surface area contributed by atoms with Crippen molar-refractivity contribution in [1.82, 2.24) is 20.2 Å². The van der Waals surface area contributed by atoms with Gasteiger partial charge in [-0.2, -0.15) is 4.39 Å². The largest absolute Gasteiger partial charge is 0.504 e. The van der Waals surface area contributed by atoms with Crippen LogP contribution in [0.1, 0.15) is 47.8 Å². The van der Waals surface area contributed by atoms with Gasteiger partial charge >= 0.3 is 0 Å². The Labute approximate surface area is 199 Å². The molecule has 1 aromatic carbocycles. The van der Waals surface area contributed by atoms with E-state index in [1.54, 1.807) is 0 Å². The first-order valence-corrected chi connectivity index (χ1v) is 11.7. The number of likely N-dealkylation sites (tertiary alicyclic amines) is 1. The van der Waals surface area contributed by atoms with Crippen molar-refractivity contribution in [1.29, 1.82) is 0 Å². The predicted octanol–water partition coefficient (Wildman–Crippen LogP) is 3.01. The quantitative estimate of drug-likeness (QED) is 0.492. The number of hydrogen-bond acceptors (Lipinski definition) is 6. The van der Waals surface area contributed by atoms with Crippen LogP contribution in [-0.2, 0) is 13.0 Å². The Morgan fingerprint density at radius 3 is 2.71 bits per heavy atom. The number of carbonyl (C=O) groups is 1. The molecule has 0 radical (unpaired) electrons. The van der Waals surface area contributed by atoms with Crippen LogP contribution < -0.4 is 15.6 Å². The molecule has 0 spiro atoms. The van der Waals surface area contributed by atoms with Crippen LogP contribution >= 0.6 is 0 Å². The van der Waals surface area contributed by atoms with Crippen molar-refractivity contribution in [3.63, 3.8) is 0 Å². The molecule has 0 bridgehead atoms. The lowest BCUT2D eigenvalue weighted by atomic mass is 10.0. The van der Waals surface area contributed by atoms with Gasteiger partial charge < -0.3 is 20.1 Å². The molecule has 1 unspecified atom stereocenters. The molecule has 3 aromatic rings. The molecule has 1 aliphatic carbocycles. The summed E-state index contributed by atoms with van der Waals surface area (Å²) in [4.78, 5) is 31.6. The molecule has 1 saturated carbocycles. The molecule has 10 heteroatoms. The molecule has 1 saturated heterocycles. The summed E-state index contributed by atoms with van der Waals surface area (Å²) < 4.78 is 33.0. The third-order valence-corrected chi connectivity index (χ3v) is 6.66. The minimum Gasteiger partial charge on any atom is -0.504 e. The second-order valence-electron chi connectivity index (χ2n) is 9.18. The lowest BCUT2D eigenvalue weighted by molar-refractivity contribution is 0.0944. The van der Waals surface area contributed by atoms with E-state index in [1.807, 2.05) is 12.1 Å². The van der Waals surface area contributed by atoms with Crippen LogP contribution in [0, 0.1) is 11.8 Å². The summed E-state index contributed by atoms with van der Waals surface area (Å²) in [5.41, 5.74) is 1.29. The van der Waals surface area contributed by atoms with E-state index in [0.29, 0.717) is 47.9 Å². The highest BCUT2D eigenvalue weighted by Crippen LogP contribution is 2.33. The molecule has 3 aliphatic rings. The Bertz CT molecular complexity index is 1360.